The number of furan rings is 1. The molecular weight excluding hydrogens is 232 g/mol. The first-order valence-electron chi connectivity index (χ1n) is 5.72. The van der Waals surface area contributed by atoms with Gasteiger partial charge in [-0.15, -0.1) is 0 Å². The lowest BCUT2D eigenvalue weighted by atomic mass is 10.2. The Kier molecular flexibility index (Phi) is 3.67. The van der Waals surface area contributed by atoms with Crippen molar-refractivity contribution in [2.75, 3.05) is 0 Å². The number of carbonyl (C=O) groups is 1. The smallest absolute Gasteiger partial charge is 0.372 e. The van der Waals surface area contributed by atoms with Crippen molar-refractivity contribution in [3.8, 4) is 5.75 Å². The zero-order valence-electron chi connectivity index (χ0n) is 10.1. The second-order valence-electron chi connectivity index (χ2n) is 3.87. The molecule has 0 amide bonds. The highest BCUT2D eigenvalue weighted by Gasteiger charge is 2.14. The molecule has 0 saturated heterocycles. The van der Waals surface area contributed by atoms with Crippen molar-refractivity contribution in [2.24, 2.45) is 0 Å². The lowest BCUT2D eigenvalue weighted by molar-refractivity contribution is 0.0658. The third kappa shape index (κ3) is 2.71. The van der Waals surface area contributed by atoms with Crippen LogP contribution in [0.2, 0.25) is 0 Å². The quantitative estimate of drug-likeness (QED) is 0.880. The summed E-state index contributed by atoms with van der Waals surface area (Å²) in [5.41, 5.74) is 1.71. The summed E-state index contributed by atoms with van der Waals surface area (Å²) in [7, 11) is 0. The second kappa shape index (κ2) is 5.40. The van der Waals surface area contributed by atoms with E-state index < -0.39 is 5.97 Å². The van der Waals surface area contributed by atoms with Crippen LogP contribution in [0.15, 0.2) is 41.0 Å². The van der Waals surface area contributed by atoms with Crippen LogP contribution in [-0.2, 0) is 13.0 Å². The Balaban J connectivity index is 2.06. The molecule has 0 spiro atoms. The predicted octanol–water partition coefficient (Wildman–Crippen LogP) is 3.12. The standard InChI is InChI=1S/C14H14O4/c1-2-10-4-3-5-12(8-10)18-9-11-6-7-17-13(11)14(15)16/h3-8H,2,9H2,1H3,(H,15,16). The van der Waals surface area contributed by atoms with E-state index in [0.29, 0.717) is 5.56 Å². The molecule has 1 aromatic carbocycles. The molecule has 0 unspecified atom stereocenters. The highest BCUT2D eigenvalue weighted by molar-refractivity contribution is 5.86. The summed E-state index contributed by atoms with van der Waals surface area (Å²) in [5.74, 6) is -0.422. The molecule has 0 saturated carbocycles. The lowest BCUT2D eigenvalue weighted by Gasteiger charge is -2.06. The van der Waals surface area contributed by atoms with Gasteiger partial charge >= 0.3 is 5.97 Å². The Morgan fingerprint density at radius 3 is 2.94 bits per heavy atom. The van der Waals surface area contributed by atoms with Gasteiger partial charge in [0, 0.05) is 5.56 Å². The van der Waals surface area contributed by atoms with Crippen LogP contribution in [-0.4, -0.2) is 11.1 Å². The summed E-state index contributed by atoms with van der Waals surface area (Å²) >= 11 is 0. The number of aryl methyl sites for hydroxylation is 1. The summed E-state index contributed by atoms with van der Waals surface area (Å²) in [6.07, 6.45) is 2.29. The maximum atomic E-state index is 10.8. The van der Waals surface area contributed by atoms with Gasteiger partial charge in [0.2, 0.25) is 5.76 Å². The monoisotopic (exact) mass is 246 g/mol. The Hall–Kier alpha value is -2.23. The maximum Gasteiger partial charge on any atom is 0.372 e. The number of hydrogen-bond acceptors (Lipinski definition) is 3. The van der Waals surface area contributed by atoms with Crippen molar-refractivity contribution in [1.29, 1.82) is 0 Å². The molecule has 18 heavy (non-hydrogen) atoms. The first-order chi connectivity index (χ1) is 8.70. The minimum absolute atomic E-state index is 0.0679. The molecule has 0 aliphatic carbocycles. The largest absolute Gasteiger partial charge is 0.489 e. The first-order valence-corrected chi connectivity index (χ1v) is 5.72. The van der Waals surface area contributed by atoms with Crippen LogP contribution >= 0.6 is 0 Å². The Labute approximate surface area is 105 Å². The van der Waals surface area contributed by atoms with Crippen molar-refractivity contribution < 1.29 is 19.1 Å². The molecule has 94 valence electrons. The van der Waals surface area contributed by atoms with E-state index in [1.165, 1.54) is 11.8 Å². The fraction of sp³-hybridized carbons (Fsp3) is 0.214. The third-order valence-corrected chi connectivity index (χ3v) is 2.64. The minimum atomic E-state index is -1.08. The van der Waals surface area contributed by atoms with E-state index in [4.69, 9.17) is 14.3 Å². The zero-order chi connectivity index (χ0) is 13.0. The molecule has 0 aliphatic rings. The maximum absolute atomic E-state index is 10.8. The second-order valence-corrected chi connectivity index (χ2v) is 3.87. The summed E-state index contributed by atoms with van der Waals surface area (Å²) in [6, 6.07) is 9.34. The van der Waals surface area contributed by atoms with Crippen LogP contribution in [0.1, 0.15) is 28.6 Å². The van der Waals surface area contributed by atoms with E-state index >= 15 is 0 Å². The Morgan fingerprint density at radius 1 is 1.39 bits per heavy atom. The van der Waals surface area contributed by atoms with E-state index in [0.717, 1.165) is 12.2 Å². The van der Waals surface area contributed by atoms with E-state index in [1.54, 1.807) is 6.07 Å². The highest BCUT2D eigenvalue weighted by Crippen LogP contribution is 2.17. The highest BCUT2D eigenvalue weighted by atomic mass is 16.5. The van der Waals surface area contributed by atoms with Gasteiger partial charge in [-0.05, 0) is 30.2 Å². The van der Waals surface area contributed by atoms with Gasteiger partial charge in [0.15, 0.2) is 0 Å². The predicted molar refractivity (Wildman–Crippen MR) is 65.8 cm³/mol. The van der Waals surface area contributed by atoms with Crippen LogP contribution in [0, 0.1) is 0 Å². The minimum Gasteiger partial charge on any atom is -0.489 e. The van der Waals surface area contributed by atoms with E-state index in [1.807, 2.05) is 24.3 Å². The van der Waals surface area contributed by atoms with Crippen LogP contribution in [0.5, 0.6) is 5.75 Å². The van der Waals surface area contributed by atoms with Gasteiger partial charge in [0.25, 0.3) is 0 Å². The molecule has 0 atom stereocenters. The lowest BCUT2D eigenvalue weighted by Crippen LogP contribution is -2.02. The molecule has 0 aliphatic heterocycles. The number of hydrogen-bond donors (Lipinski definition) is 1. The molecule has 1 N–H and O–H groups in total. The van der Waals surface area contributed by atoms with E-state index in [-0.39, 0.29) is 12.4 Å². The van der Waals surface area contributed by atoms with Crippen molar-refractivity contribution in [2.45, 2.75) is 20.0 Å². The van der Waals surface area contributed by atoms with Crippen molar-refractivity contribution >= 4 is 5.97 Å². The van der Waals surface area contributed by atoms with Gasteiger partial charge in [-0.25, -0.2) is 4.79 Å². The summed E-state index contributed by atoms with van der Waals surface area (Å²) in [4.78, 5) is 10.8. The molecule has 1 heterocycles. The van der Waals surface area contributed by atoms with Gasteiger partial charge < -0.3 is 14.3 Å². The third-order valence-electron chi connectivity index (χ3n) is 2.64. The van der Waals surface area contributed by atoms with Crippen molar-refractivity contribution in [3.63, 3.8) is 0 Å². The summed E-state index contributed by atoms with van der Waals surface area (Å²) in [5, 5.41) is 8.88. The van der Waals surface area contributed by atoms with Gasteiger partial charge in [0.05, 0.1) is 6.26 Å². The number of rotatable bonds is 5. The molecule has 0 radical (unpaired) electrons. The average molecular weight is 246 g/mol. The van der Waals surface area contributed by atoms with Crippen LogP contribution in [0.25, 0.3) is 0 Å². The number of carboxylic acid groups (broad SMARTS) is 1. The fourth-order valence-electron chi connectivity index (χ4n) is 1.65. The molecule has 1 aromatic heterocycles. The molecule has 4 nitrogen and oxygen atoms in total. The van der Waals surface area contributed by atoms with Gasteiger partial charge in [-0.2, -0.15) is 0 Å². The van der Waals surface area contributed by atoms with Crippen LogP contribution < -0.4 is 4.74 Å². The molecule has 2 rings (SSSR count). The molecule has 0 fully saturated rings. The molecular formula is C14H14O4. The van der Waals surface area contributed by atoms with Gasteiger partial charge in [-0.3, -0.25) is 0 Å². The molecule has 2 aromatic rings. The fourth-order valence-corrected chi connectivity index (χ4v) is 1.65. The Morgan fingerprint density at radius 2 is 2.22 bits per heavy atom. The van der Waals surface area contributed by atoms with E-state index in [2.05, 4.69) is 6.92 Å². The van der Waals surface area contributed by atoms with Crippen molar-refractivity contribution in [3.05, 3.63) is 53.5 Å². The number of ether oxygens (including phenoxy) is 1. The average Bonchev–Trinajstić information content (AvgIpc) is 2.85. The summed E-state index contributed by atoms with van der Waals surface area (Å²) in [6.45, 7) is 2.25. The number of benzene rings is 1. The normalized spacial score (nSPS) is 10.3. The molecule has 4 heteroatoms. The van der Waals surface area contributed by atoms with Crippen molar-refractivity contribution in [1.82, 2.24) is 0 Å². The SMILES string of the molecule is CCc1cccc(OCc2ccoc2C(=O)O)c1. The van der Waals surface area contributed by atoms with E-state index in [9.17, 15) is 4.79 Å². The summed E-state index contributed by atoms with van der Waals surface area (Å²) < 4.78 is 10.4. The van der Waals surface area contributed by atoms with Crippen LogP contribution in [0.3, 0.4) is 0 Å². The van der Waals surface area contributed by atoms with Crippen LogP contribution in [0.4, 0.5) is 0 Å². The van der Waals surface area contributed by atoms with Gasteiger partial charge in [-0.1, -0.05) is 19.1 Å². The first kappa shape index (κ1) is 12.2. The molecule has 0 bridgehead atoms. The zero-order valence-corrected chi connectivity index (χ0v) is 10.1. The number of aromatic carboxylic acids is 1. The Bertz CT molecular complexity index is 542. The topological polar surface area (TPSA) is 59.7 Å². The van der Waals surface area contributed by atoms with Gasteiger partial charge in [0.1, 0.15) is 12.4 Å². The number of carboxylic acids is 1.